The van der Waals surface area contributed by atoms with Crippen LogP contribution < -0.4 is 16.2 Å². The lowest BCUT2D eigenvalue weighted by molar-refractivity contribution is 0.481. The summed E-state index contributed by atoms with van der Waals surface area (Å²) >= 11 is 0. The molecule has 13 heteroatoms. The van der Waals surface area contributed by atoms with Gasteiger partial charge in [0.05, 0.1) is 32.4 Å². The normalized spacial score (nSPS) is 14.9. The molecule has 2 aliphatic carbocycles. The third-order valence-corrected chi connectivity index (χ3v) is 8.80. The Morgan fingerprint density at radius 3 is 2.14 bits per heavy atom. The second-order valence-corrected chi connectivity index (χ2v) is 12.6. The number of aliphatic imine (C=N–C) groups is 1. The Labute approximate surface area is 243 Å². The number of nitrogens with zero attached hydrogens (tertiary/aromatic N) is 2. The minimum atomic E-state index is -5.02. The summed E-state index contributed by atoms with van der Waals surface area (Å²) < 4.78 is 68.4. The van der Waals surface area contributed by atoms with Crippen molar-refractivity contribution in [3.63, 3.8) is 0 Å². The number of aliphatic hydroxyl groups excluding tert-OH is 1. The number of fused-ring (bicyclic) bond motifs is 2. The zero-order chi connectivity index (χ0) is 30.7. The van der Waals surface area contributed by atoms with Crippen molar-refractivity contribution >= 4 is 59.1 Å². The number of rotatable bonds is 4. The van der Waals surface area contributed by atoms with Crippen LogP contribution in [0.1, 0.15) is 18.4 Å². The Balaban J connectivity index is 1.96. The molecule has 0 aromatic heterocycles. The van der Waals surface area contributed by atoms with Gasteiger partial charge in [0.2, 0.25) is 0 Å². The first-order chi connectivity index (χ1) is 20.4. The van der Waals surface area contributed by atoms with Crippen LogP contribution in [0.3, 0.4) is 0 Å². The summed E-state index contributed by atoms with van der Waals surface area (Å²) in [5, 5.41) is 10.9. The molecule has 11 nitrogen and oxygen atoms in total. The molecule has 0 spiro atoms. The minimum Gasteiger partial charge on any atom is -0.506 e. The molecule has 6 rings (SSSR count). The van der Waals surface area contributed by atoms with Crippen molar-refractivity contribution in [2.75, 3.05) is 0 Å². The number of allylic oxidation sites excluding steroid dienone is 4. The Hall–Kier alpha value is -4.82. The summed E-state index contributed by atoms with van der Waals surface area (Å²) in [4.78, 5) is 34.7. The van der Waals surface area contributed by atoms with E-state index in [0.717, 1.165) is 31.0 Å². The van der Waals surface area contributed by atoms with Gasteiger partial charge in [0.25, 0.3) is 25.8 Å². The molecule has 3 N–H and O–H groups in total. The van der Waals surface area contributed by atoms with Gasteiger partial charge in [-0.3, -0.25) is 18.7 Å². The Morgan fingerprint density at radius 2 is 1.49 bits per heavy atom. The predicted octanol–water partition coefficient (Wildman–Crippen LogP) is 3.18. The topological polar surface area (TPSA) is 188 Å². The van der Waals surface area contributed by atoms with Gasteiger partial charge in [-0.05, 0) is 48.6 Å². The molecule has 0 amide bonds. The molecule has 1 heterocycles. The molecule has 1 aliphatic heterocycles. The highest BCUT2D eigenvalue weighted by molar-refractivity contribution is 7.86. The van der Waals surface area contributed by atoms with Crippen molar-refractivity contribution in [3.8, 4) is 0 Å². The molecular weight excluding hydrogens is 596 g/mol. The van der Waals surface area contributed by atoms with Crippen molar-refractivity contribution in [1.29, 1.82) is 0 Å². The first-order valence-electron chi connectivity index (χ1n) is 12.8. The molecule has 0 bridgehead atoms. The van der Waals surface area contributed by atoms with Gasteiger partial charge in [0, 0.05) is 21.4 Å². The van der Waals surface area contributed by atoms with Gasteiger partial charge in [0.15, 0.2) is 5.43 Å². The molecule has 0 unspecified atom stereocenters. The summed E-state index contributed by atoms with van der Waals surface area (Å²) in [5.41, 5.74) is -2.08. The Bertz CT molecular complexity index is 2540. The van der Waals surface area contributed by atoms with Crippen molar-refractivity contribution in [2.24, 2.45) is 4.99 Å². The minimum absolute atomic E-state index is 0.0612. The van der Waals surface area contributed by atoms with Crippen molar-refractivity contribution in [2.45, 2.75) is 22.6 Å². The molecule has 0 saturated carbocycles. The zero-order valence-corrected chi connectivity index (χ0v) is 23.6. The number of aliphatic hydroxyl groups is 1. The zero-order valence-electron chi connectivity index (χ0n) is 21.9. The lowest BCUT2D eigenvalue weighted by Gasteiger charge is -2.12. The first-order valence-corrected chi connectivity index (χ1v) is 15.6. The highest BCUT2D eigenvalue weighted by Crippen LogP contribution is 2.32. The number of benzene rings is 3. The largest absolute Gasteiger partial charge is 0.506 e. The smallest absolute Gasteiger partial charge is 0.296 e. The van der Waals surface area contributed by atoms with E-state index < -0.39 is 57.5 Å². The van der Waals surface area contributed by atoms with Gasteiger partial charge in [-0.1, -0.05) is 48.6 Å². The van der Waals surface area contributed by atoms with E-state index in [-0.39, 0.29) is 37.8 Å². The molecule has 3 aromatic rings. The molecule has 0 fully saturated rings. The van der Waals surface area contributed by atoms with Crippen LogP contribution >= 0.6 is 0 Å². The van der Waals surface area contributed by atoms with Crippen molar-refractivity contribution in [1.82, 2.24) is 4.98 Å². The predicted molar refractivity (Wildman–Crippen MR) is 159 cm³/mol. The fraction of sp³-hybridized carbons (Fsp3) is 0.0667. The van der Waals surface area contributed by atoms with Gasteiger partial charge in [-0.2, -0.15) is 16.8 Å². The Morgan fingerprint density at radius 1 is 0.814 bits per heavy atom. The molecule has 3 aliphatic rings. The molecule has 0 radical (unpaired) electrons. The lowest BCUT2D eigenvalue weighted by atomic mass is 9.96. The molecule has 0 atom stereocenters. The summed E-state index contributed by atoms with van der Waals surface area (Å²) in [6.07, 6.45) is 8.58. The lowest BCUT2D eigenvalue weighted by Crippen LogP contribution is -2.33. The third-order valence-electron chi connectivity index (χ3n) is 7.09. The van der Waals surface area contributed by atoms with Crippen LogP contribution in [0, 0.1) is 10.4 Å². The standard InChI is InChI=1S/C30H20N2O9S2/c33-28(16-8-7-11-18(14-16)42(36,37)38)26-23-19-12-5-6-13-20(19)29(34)24-21(31-17-9-3-1-2-4-10-17)15-22(43(39,40)41)27(25(23)24)32-30(26)35/h3-15,33H,1-2H2,(H,36,37,38)(H,39,40,41). The molecule has 3 aromatic carbocycles. The maximum atomic E-state index is 14.0. The van der Waals surface area contributed by atoms with E-state index in [2.05, 4.69) is 9.98 Å². The van der Waals surface area contributed by atoms with Gasteiger partial charge in [0.1, 0.15) is 10.7 Å². The van der Waals surface area contributed by atoms with Crippen LogP contribution in [0.2, 0.25) is 0 Å². The third kappa shape index (κ3) is 4.87. The molecule has 43 heavy (non-hydrogen) atoms. The summed E-state index contributed by atoms with van der Waals surface area (Å²) in [5.74, 6) is -0.741. The quantitative estimate of drug-likeness (QED) is 0.253. The van der Waals surface area contributed by atoms with Crippen molar-refractivity contribution in [3.05, 3.63) is 121 Å². The Kier molecular flexibility index (Phi) is 6.69. The van der Waals surface area contributed by atoms with Gasteiger partial charge < -0.3 is 5.11 Å². The van der Waals surface area contributed by atoms with E-state index in [4.69, 9.17) is 0 Å². The number of aromatic nitrogens is 1. The second-order valence-electron chi connectivity index (χ2n) is 9.78. The van der Waals surface area contributed by atoms with Crippen LogP contribution in [-0.2, 0) is 20.2 Å². The molecular formula is C30H20N2O9S2. The van der Waals surface area contributed by atoms with E-state index in [0.29, 0.717) is 5.71 Å². The van der Waals surface area contributed by atoms with Gasteiger partial charge >= 0.3 is 0 Å². The van der Waals surface area contributed by atoms with Crippen molar-refractivity contribution < 1.29 is 31.0 Å². The molecule has 216 valence electrons. The van der Waals surface area contributed by atoms with E-state index in [9.17, 15) is 40.6 Å². The van der Waals surface area contributed by atoms with E-state index in [1.807, 2.05) is 12.2 Å². The number of hydrogen-bond acceptors (Lipinski definition) is 9. The maximum Gasteiger partial charge on any atom is 0.296 e. The summed E-state index contributed by atoms with van der Waals surface area (Å²) in [6.45, 7) is 0. The van der Waals surface area contributed by atoms with Crippen LogP contribution in [-0.4, -0.2) is 41.7 Å². The monoisotopic (exact) mass is 616 g/mol. The SMILES string of the molecule is O=c1nc2c(S(=O)(=O)O)cc(N=C3C=CCCC=C3)c3c2=c(c1=C(O)c1cccc(S(=O)(=O)O)c1)c1ccccc1c3=O. The highest BCUT2D eigenvalue weighted by atomic mass is 32.2. The first kappa shape index (κ1) is 28.3. The maximum absolute atomic E-state index is 14.0. The van der Waals surface area contributed by atoms with Crippen LogP contribution in [0.4, 0.5) is 5.69 Å². The average Bonchev–Trinajstić information content (AvgIpc) is 3.23. The van der Waals surface area contributed by atoms with E-state index in [1.165, 1.54) is 24.3 Å². The van der Waals surface area contributed by atoms with Gasteiger partial charge in [-0.15, -0.1) is 0 Å². The molecule has 0 saturated heterocycles. The van der Waals surface area contributed by atoms with E-state index >= 15 is 0 Å². The summed E-state index contributed by atoms with van der Waals surface area (Å²) in [6, 6.07) is 11.7. The highest BCUT2D eigenvalue weighted by Gasteiger charge is 2.25. The number of hydrogen-bond donors (Lipinski definition) is 3. The van der Waals surface area contributed by atoms with E-state index in [1.54, 1.807) is 24.3 Å². The van der Waals surface area contributed by atoms with Crippen LogP contribution in [0.15, 0.2) is 103 Å². The summed E-state index contributed by atoms with van der Waals surface area (Å²) in [7, 11) is -9.70. The van der Waals surface area contributed by atoms with Gasteiger partial charge in [-0.25, -0.2) is 9.98 Å². The van der Waals surface area contributed by atoms with Crippen LogP contribution in [0.5, 0.6) is 0 Å². The second kappa shape index (κ2) is 10.2. The fourth-order valence-electron chi connectivity index (χ4n) is 5.23. The fourth-order valence-corrected chi connectivity index (χ4v) is 6.41. The average molecular weight is 617 g/mol. The van der Waals surface area contributed by atoms with Crippen LogP contribution in [0.25, 0.3) is 27.4 Å².